The van der Waals surface area contributed by atoms with Crippen molar-refractivity contribution in [3.8, 4) is 0 Å². The molecule has 2 aliphatic heterocycles. The summed E-state index contributed by atoms with van der Waals surface area (Å²) in [4.78, 5) is 16.2. The predicted octanol–water partition coefficient (Wildman–Crippen LogP) is 1.20. The van der Waals surface area contributed by atoms with Gasteiger partial charge < -0.3 is 15.3 Å². The average molecular weight is 275 g/mol. The van der Waals surface area contributed by atoms with Crippen molar-refractivity contribution in [2.24, 2.45) is 0 Å². The van der Waals surface area contributed by atoms with Crippen molar-refractivity contribution in [2.75, 3.05) is 36.9 Å². The molecule has 0 bridgehead atoms. The fourth-order valence-electron chi connectivity index (χ4n) is 3.05. The first-order chi connectivity index (χ1) is 9.60. The third-order valence-electron chi connectivity index (χ3n) is 4.45. The number of benzene rings is 1. The minimum atomic E-state index is -1.02. The Labute approximate surface area is 119 Å². The zero-order valence-corrected chi connectivity index (χ0v) is 12.0. The molecule has 0 aliphatic carbocycles. The van der Waals surface area contributed by atoms with E-state index in [4.69, 9.17) is 0 Å². The molecule has 5 heteroatoms. The molecule has 0 aromatic heterocycles. The average Bonchev–Trinajstić information content (AvgIpc) is 2.74. The number of carbonyl (C=O) groups excluding carboxylic acids is 1. The smallest absolute Gasteiger partial charge is 0.257 e. The second kappa shape index (κ2) is 5.07. The summed E-state index contributed by atoms with van der Waals surface area (Å²) < 4.78 is 0. The van der Waals surface area contributed by atoms with E-state index in [1.165, 1.54) is 0 Å². The molecule has 1 amide bonds. The zero-order valence-electron chi connectivity index (χ0n) is 12.0. The van der Waals surface area contributed by atoms with Crippen molar-refractivity contribution in [1.29, 1.82) is 0 Å². The molecule has 20 heavy (non-hydrogen) atoms. The fraction of sp³-hybridized carbons (Fsp3) is 0.533. The first-order valence-electron chi connectivity index (χ1n) is 7.18. The number of amides is 1. The van der Waals surface area contributed by atoms with Crippen molar-refractivity contribution in [1.82, 2.24) is 4.90 Å². The summed E-state index contributed by atoms with van der Waals surface area (Å²) in [7, 11) is 2.17. The molecular formula is C15H21N3O2. The highest BCUT2D eigenvalue weighted by atomic mass is 16.3. The van der Waals surface area contributed by atoms with Crippen LogP contribution in [0, 0.1) is 0 Å². The summed E-state index contributed by atoms with van der Waals surface area (Å²) in [5, 5.41) is 12.5. The molecule has 2 N–H and O–H groups in total. The lowest BCUT2D eigenvalue weighted by Gasteiger charge is -2.40. The van der Waals surface area contributed by atoms with Gasteiger partial charge in [0.1, 0.15) is 0 Å². The number of likely N-dealkylation sites (N-methyl/N-ethyl adjacent to an activating group) is 1. The normalized spacial score (nSPS) is 26.6. The van der Waals surface area contributed by atoms with Gasteiger partial charge in [-0.1, -0.05) is 13.0 Å². The topological polar surface area (TPSA) is 55.8 Å². The van der Waals surface area contributed by atoms with Gasteiger partial charge in [0.15, 0.2) is 6.10 Å². The standard InChI is InChI=1S/C15H21N3O2/c1-3-10-9-18(7-6-17(10)2)11-4-5-12-13(8-11)16-15(20)14(12)19/h4-5,8,10,14,19H,3,6-7,9H2,1-2H3,(H,16,20). The van der Waals surface area contributed by atoms with E-state index < -0.39 is 6.10 Å². The molecule has 3 rings (SSSR count). The number of hydrogen-bond donors (Lipinski definition) is 2. The first-order valence-corrected chi connectivity index (χ1v) is 7.18. The maximum atomic E-state index is 11.5. The SMILES string of the molecule is CCC1CN(c2ccc3c(c2)NC(=O)C3O)CCN1C. The Hall–Kier alpha value is -1.59. The maximum absolute atomic E-state index is 11.5. The van der Waals surface area contributed by atoms with Gasteiger partial charge in [-0.2, -0.15) is 0 Å². The second-order valence-electron chi connectivity index (χ2n) is 5.65. The second-order valence-corrected chi connectivity index (χ2v) is 5.65. The molecule has 2 unspecified atom stereocenters. The number of aliphatic hydroxyl groups excluding tert-OH is 1. The number of rotatable bonds is 2. The summed E-state index contributed by atoms with van der Waals surface area (Å²) in [6, 6.07) is 6.39. The van der Waals surface area contributed by atoms with Crippen LogP contribution in [-0.4, -0.2) is 48.6 Å². The maximum Gasteiger partial charge on any atom is 0.257 e. The molecule has 2 heterocycles. The van der Waals surface area contributed by atoms with Crippen LogP contribution in [0.25, 0.3) is 0 Å². The highest BCUT2D eigenvalue weighted by Crippen LogP contribution is 2.34. The van der Waals surface area contributed by atoms with Crippen LogP contribution in [-0.2, 0) is 4.79 Å². The third-order valence-corrected chi connectivity index (χ3v) is 4.45. The lowest BCUT2D eigenvalue weighted by Crippen LogP contribution is -2.51. The van der Waals surface area contributed by atoms with Crippen LogP contribution in [0.1, 0.15) is 25.0 Å². The van der Waals surface area contributed by atoms with Gasteiger partial charge in [-0.25, -0.2) is 0 Å². The van der Waals surface area contributed by atoms with Crippen molar-refractivity contribution in [2.45, 2.75) is 25.5 Å². The van der Waals surface area contributed by atoms with E-state index in [0.29, 0.717) is 11.6 Å². The van der Waals surface area contributed by atoms with Crippen LogP contribution in [0.5, 0.6) is 0 Å². The Morgan fingerprint density at radius 1 is 1.40 bits per heavy atom. The van der Waals surface area contributed by atoms with Gasteiger partial charge in [-0.15, -0.1) is 0 Å². The molecule has 1 saturated heterocycles. The van der Waals surface area contributed by atoms with E-state index in [1.54, 1.807) is 0 Å². The Bertz CT molecular complexity index is 532. The van der Waals surface area contributed by atoms with Gasteiger partial charge in [0.25, 0.3) is 5.91 Å². The Morgan fingerprint density at radius 3 is 2.95 bits per heavy atom. The molecule has 0 radical (unpaired) electrons. The molecule has 1 aromatic rings. The van der Waals surface area contributed by atoms with Crippen LogP contribution in [0.2, 0.25) is 0 Å². The van der Waals surface area contributed by atoms with E-state index in [9.17, 15) is 9.90 Å². The minimum absolute atomic E-state index is 0.332. The van der Waals surface area contributed by atoms with Gasteiger partial charge in [-0.3, -0.25) is 9.69 Å². The Morgan fingerprint density at radius 2 is 2.20 bits per heavy atom. The monoisotopic (exact) mass is 275 g/mol. The van der Waals surface area contributed by atoms with Crippen LogP contribution < -0.4 is 10.2 Å². The van der Waals surface area contributed by atoms with E-state index in [0.717, 1.165) is 37.4 Å². The van der Waals surface area contributed by atoms with Crippen molar-refractivity contribution in [3.05, 3.63) is 23.8 Å². The largest absolute Gasteiger partial charge is 0.378 e. The van der Waals surface area contributed by atoms with E-state index in [1.807, 2.05) is 18.2 Å². The van der Waals surface area contributed by atoms with Crippen LogP contribution >= 0.6 is 0 Å². The van der Waals surface area contributed by atoms with Crippen molar-refractivity contribution < 1.29 is 9.90 Å². The number of hydrogen-bond acceptors (Lipinski definition) is 4. The number of fused-ring (bicyclic) bond motifs is 1. The van der Waals surface area contributed by atoms with Gasteiger partial charge in [-0.05, 0) is 25.6 Å². The molecule has 1 aromatic carbocycles. The molecule has 2 atom stereocenters. The lowest BCUT2D eigenvalue weighted by molar-refractivity contribution is -0.123. The minimum Gasteiger partial charge on any atom is -0.378 e. The molecule has 0 saturated carbocycles. The number of aliphatic hydroxyl groups is 1. The summed E-state index contributed by atoms with van der Waals surface area (Å²) in [5.41, 5.74) is 2.54. The van der Waals surface area contributed by atoms with Gasteiger partial charge in [0.2, 0.25) is 0 Å². The molecule has 5 nitrogen and oxygen atoms in total. The highest BCUT2D eigenvalue weighted by molar-refractivity contribution is 6.02. The van der Waals surface area contributed by atoms with Crippen LogP contribution in [0.3, 0.4) is 0 Å². The van der Waals surface area contributed by atoms with Gasteiger partial charge in [0, 0.05) is 42.6 Å². The summed E-state index contributed by atoms with van der Waals surface area (Å²) in [6.07, 6.45) is 0.114. The van der Waals surface area contributed by atoms with E-state index in [-0.39, 0.29) is 5.91 Å². The summed E-state index contributed by atoms with van der Waals surface area (Å²) >= 11 is 0. The predicted molar refractivity (Wildman–Crippen MR) is 79.0 cm³/mol. The Kier molecular flexibility index (Phi) is 3.40. The molecule has 2 aliphatic rings. The molecule has 1 fully saturated rings. The van der Waals surface area contributed by atoms with E-state index in [2.05, 4.69) is 29.1 Å². The highest BCUT2D eigenvalue weighted by Gasteiger charge is 2.30. The van der Waals surface area contributed by atoms with Gasteiger partial charge in [0.05, 0.1) is 0 Å². The molecule has 108 valence electrons. The number of nitrogens with zero attached hydrogens (tertiary/aromatic N) is 2. The molecule has 0 spiro atoms. The zero-order chi connectivity index (χ0) is 14.3. The number of nitrogens with one attached hydrogen (secondary N) is 1. The first kappa shape index (κ1) is 13.4. The number of anilines is 2. The Balaban J connectivity index is 1.82. The van der Waals surface area contributed by atoms with Crippen LogP contribution in [0.15, 0.2) is 18.2 Å². The van der Waals surface area contributed by atoms with Crippen molar-refractivity contribution >= 4 is 17.3 Å². The third kappa shape index (κ3) is 2.17. The van der Waals surface area contributed by atoms with Crippen molar-refractivity contribution in [3.63, 3.8) is 0 Å². The van der Waals surface area contributed by atoms with E-state index >= 15 is 0 Å². The summed E-state index contributed by atoms with van der Waals surface area (Å²) in [5.74, 6) is -0.332. The summed E-state index contributed by atoms with van der Waals surface area (Å²) in [6.45, 7) is 5.25. The number of carbonyl (C=O) groups is 1. The van der Waals surface area contributed by atoms with Gasteiger partial charge >= 0.3 is 0 Å². The fourth-order valence-corrected chi connectivity index (χ4v) is 3.05. The quantitative estimate of drug-likeness (QED) is 0.851. The molecular weight excluding hydrogens is 254 g/mol. The van der Waals surface area contributed by atoms with Crippen LogP contribution in [0.4, 0.5) is 11.4 Å². The lowest BCUT2D eigenvalue weighted by atomic mass is 10.1. The number of piperazine rings is 1.